The lowest BCUT2D eigenvalue weighted by Crippen LogP contribution is -2.24. The van der Waals surface area contributed by atoms with Gasteiger partial charge in [0, 0.05) is 29.0 Å². The molecule has 0 bridgehead atoms. The molecule has 0 atom stereocenters. The highest BCUT2D eigenvalue weighted by molar-refractivity contribution is 7.89. The third-order valence-electron chi connectivity index (χ3n) is 2.64. The van der Waals surface area contributed by atoms with Crippen molar-refractivity contribution in [2.75, 3.05) is 11.9 Å². The molecule has 0 unspecified atom stereocenters. The maximum absolute atomic E-state index is 12.3. The first kappa shape index (κ1) is 15.0. The van der Waals surface area contributed by atoms with Crippen molar-refractivity contribution in [2.24, 2.45) is 0 Å². The van der Waals surface area contributed by atoms with Crippen LogP contribution in [0.2, 0.25) is 0 Å². The molecule has 0 aliphatic heterocycles. The Hall–Kier alpha value is -1.44. The van der Waals surface area contributed by atoms with Crippen LogP contribution in [0.4, 0.5) is 5.82 Å². The van der Waals surface area contributed by atoms with Gasteiger partial charge in [0.2, 0.25) is 10.0 Å². The molecule has 0 aliphatic carbocycles. The number of nitrogens with zero attached hydrogens (tertiary/aromatic N) is 1. The van der Waals surface area contributed by atoms with Gasteiger partial charge in [0.05, 0.1) is 0 Å². The van der Waals surface area contributed by atoms with Crippen molar-refractivity contribution < 1.29 is 8.42 Å². The third-order valence-corrected chi connectivity index (χ3v) is 5.07. The number of nitrogens with one attached hydrogen (secondary N) is 2. The molecule has 0 spiro atoms. The zero-order chi connectivity index (χ0) is 14.6. The Morgan fingerprint density at radius 3 is 2.75 bits per heavy atom. The minimum atomic E-state index is -3.57. The number of rotatable bonds is 6. The fourth-order valence-electron chi connectivity index (χ4n) is 1.73. The highest BCUT2D eigenvalue weighted by atomic mass is 32.2. The zero-order valence-corrected chi connectivity index (χ0v) is 13.0. The summed E-state index contributed by atoms with van der Waals surface area (Å²) in [4.78, 5) is 6.39. The molecule has 108 valence electrons. The molecule has 0 saturated carbocycles. The molecular weight excluding hydrogens is 294 g/mol. The van der Waals surface area contributed by atoms with E-state index in [1.54, 1.807) is 29.7 Å². The van der Waals surface area contributed by atoms with Crippen LogP contribution in [0, 0.1) is 6.92 Å². The van der Waals surface area contributed by atoms with Crippen LogP contribution in [0.15, 0.2) is 35.4 Å². The van der Waals surface area contributed by atoms with E-state index >= 15 is 0 Å². The molecule has 2 aromatic rings. The second kappa shape index (κ2) is 6.34. The molecule has 0 radical (unpaired) electrons. The number of hydrogen-bond acceptors (Lipinski definition) is 5. The number of anilines is 1. The smallest absolute Gasteiger partial charge is 0.244 e. The molecule has 2 heterocycles. The SMILES string of the molecule is CCNc1ncccc1S(=O)(=O)NCc1ccc(C)s1. The summed E-state index contributed by atoms with van der Waals surface area (Å²) in [7, 11) is -3.57. The van der Waals surface area contributed by atoms with E-state index in [0.29, 0.717) is 18.9 Å². The molecule has 7 heteroatoms. The standard InChI is InChI=1S/C13H17N3O2S2/c1-3-14-13-12(5-4-8-15-13)20(17,18)16-9-11-7-6-10(2)19-11/h4-8,16H,3,9H2,1-2H3,(H,14,15). The lowest BCUT2D eigenvalue weighted by Gasteiger charge is -2.10. The summed E-state index contributed by atoms with van der Waals surface area (Å²) in [5, 5.41) is 2.96. The predicted octanol–water partition coefficient (Wildman–Crippen LogP) is 2.36. The molecule has 2 aromatic heterocycles. The Labute approximate surface area is 123 Å². The van der Waals surface area contributed by atoms with E-state index in [1.807, 2.05) is 26.0 Å². The van der Waals surface area contributed by atoms with Crippen molar-refractivity contribution in [3.05, 3.63) is 40.2 Å². The van der Waals surface area contributed by atoms with Crippen LogP contribution in [-0.2, 0) is 16.6 Å². The van der Waals surface area contributed by atoms with E-state index in [1.165, 1.54) is 0 Å². The van der Waals surface area contributed by atoms with Crippen molar-refractivity contribution in [3.63, 3.8) is 0 Å². The van der Waals surface area contributed by atoms with Crippen LogP contribution >= 0.6 is 11.3 Å². The minimum Gasteiger partial charge on any atom is -0.369 e. The van der Waals surface area contributed by atoms with Gasteiger partial charge in [-0.3, -0.25) is 0 Å². The molecule has 0 aliphatic rings. The summed E-state index contributed by atoms with van der Waals surface area (Å²) in [6.45, 7) is 4.80. The van der Waals surface area contributed by atoms with Crippen molar-refractivity contribution >= 4 is 27.2 Å². The Morgan fingerprint density at radius 2 is 2.10 bits per heavy atom. The first-order valence-electron chi connectivity index (χ1n) is 6.27. The van der Waals surface area contributed by atoms with Gasteiger partial charge in [-0.2, -0.15) is 0 Å². The summed E-state index contributed by atoms with van der Waals surface area (Å²) >= 11 is 1.58. The van der Waals surface area contributed by atoms with E-state index in [9.17, 15) is 8.42 Å². The largest absolute Gasteiger partial charge is 0.369 e. The van der Waals surface area contributed by atoms with E-state index < -0.39 is 10.0 Å². The second-order valence-electron chi connectivity index (χ2n) is 4.22. The summed E-state index contributed by atoms with van der Waals surface area (Å²) in [6, 6.07) is 7.07. The Balaban J connectivity index is 2.18. The van der Waals surface area contributed by atoms with Gasteiger partial charge in [0.15, 0.2) is 0 Å². The summed E-state index contributed by atoms with van der Waals surface area (Å²) in [6.07, 6.45) is 1.57. The van der Waals surface area contributed by atoms with Crippen molar-refractivity contribution in [1.29, 1.82) is 0 Å². The van der Waals surface area contributed by atoms with Crippen molar-refractivity contribution in [1.82, 2.24) is 9.71 Å². The van der Waals surface area contributed by atoms with Gasteiger partial charge in [-0.05, 0) is 38.1 Å². The first-order valence-corrected chi connectivity index (χ1v) is 8.57. The third kappa shape index (κ3) is 3.56. The average molecular weight is 311 g/mol. The van der Waals surface area contributed by atoms with Gasteiger partial charge in [0.25, 0.3) is 0 Å². The van der Waals surface area contributed by atoms with Gasteiger partial charge >= 0.3 is 0 Å². The molecule has 0 saturated heterocycles. The number of aryl methyl sites for hydroxylation is 1. The molecule has 0 aromatic carbocycles. The Kier molecular flexibility index (Phi) is 4.74. The number of thiophene rings is 1. The zero-order valence-electron chi connectivity index (χ0n) is 11.4. The number of sulfonamides is 1. The number of pyridine rings is 1. The van der Waals surface area contributed by atoms with E-state index in [-0.39, 0.29) is 4.90 Å². The summed E-state index contributed by atoms with van der Waals surface area (Å²) in [5.41, 5.74) is 0. The number of hydrogen-bond donors (Lipinski definition) is 2. The van der Waals surface area contributed by atoms with Crippen LogP contribution in [0.5, 0.6) is 0 Å². The molecular formula is C13H17N3O2S2. The van der Waals surface area contributed by atoms with Crippen molar-refractivity contribution in [3.8, 4) is 0 Å². The molecule has 0 fully saturated rings. The van der Waals surface area contributed by atoms with E-state index in [0.717, 1.165) is 9.75 Å². The van der Waals surface area contributed by atoms with Gasteiger partial charge in [-0.1, -0.05) is 0 Å². The minimum absolute atomic E-state index is 0.176. The van der Waals surface area contributed by atoms with Crippen LogP contribution in [-0.4, -0.2) is 19.9 Å². The highest BCUT2D eigenvalue weighted by Crippen LogP contribution is 2.19. The van der Waals surface area contributed by atoms with Crippen LogP contribution in [0.1, 0.15) is 16.7 Å². The first-order chi connectivity index (χ1) is 9.53. The Morgan fingerprint density at radius 1 is 1.30 bits per heavy atom. The normalized spacial score (nSPS) is 11.5. The van der Waals surface area contributed by atoms with Crippen LogP contribution in [0.3, 0.4) is 0 Å². The molecule has 5 nitrogen and oxygen atoms in total. The maximum atomic E-state index is 12.3. The average Bonchev–Trinajstić information content (AvgIpc) is 2.83. The topological polar surface area (TPSA) is 71.1 Å². The van der Waals surface area contributed by atoms with Crippen molar-refractivity contribution in [2.45, 2.75) is 25.3 Å². The van der Waals surface area contributed by atoms with Crippen LogP contribution < -0.4 is 10.0 Å². The molecule has 2 rings (SSSR count). The van der Waals surface area contributed by atoms with Gasteiger partial charge < -0.3 is 5.32 Å². The van der Waals surface area contributed by atoms with E-state index in [4.69, 9.17) is 0 Å². The molecule has 20 heavy (non-hydrogen) atoms. The maximum Gasteiger partial charge on any atom is 0.244 e. The van der Waals surface area contributed by atoms with E-state index in [2.05, 4.69) is 15.0 Å². The Bertz CT molecular complexity index is 680. The van der Waals surface area contributed by atoms with Gasteiger partial charge in [-0.25, -0.2) is 18.1 Å². The van der Waals surface area contributed by atoms with Crippen LogP contribution in [0.25, 0.3) is 0 Å². The summed E-state index contributed by atoms with van der Waals surface area (Å²) < 4.78 is 27.2. The highest BCUT2D eigenvalue weighted by Gasteiger charge is 2.18. The van der Waals surface area contributed by atoms with Gasteiger partial charge in [-0.15, -0.1) is 11.3 Å². The quantitative estimate of drug-likeness (QED) is 0.859. The lowest BCUT2D eigenvalue weighted by molar-refractivity contribution is 0.581. The molecule has 2 N–H and O–H groups in total. The summed E-state index contributed by atoms with van der Waals surface area (Å²) in [5.74, 6) is 0.380. The fraction of sp³-hybridized carbons (Fsp3) is 0.308. The predicted molar refractivity (Wildman–Crippen MR) is 81.5 cm³/mol. The molecule has 0 amide bonds. The number of aromatic nitrogens is 1. The fourth-order valence-corrected chi connectivity index (χ4v) is 3.79. The second-order valence-corrected chi connectivity index (χ2v) is 7.33. The monoisotopic (exact) mass is 311 g/mol. The lowest BCUT2D eigenvalue weighted by atomic mass is 10.4. The van der Waals surface area contributed by atoms with Gasteiger partial charge in [0.1, 0.15) is 10.7 Å².